The number of benzene rings is 1. The molecule has 0 saturated heterocycles. The van der Waals surface area contributed by atoms with Gasteiger partial charge in [-0.15, -0.1) is 0 Å². The summed E-state index contributed by atoms with van der Waals surface area (Å²) in [4.78, 5) is 11.5. The van der Waals surface area contributed by atoms with E-state index < -0.39 is 0 Å². The van der Waals surface area contributed by atoms with Crippen LogP contribution in [0.4, 0.5) is 0 Å². The molecule has 0 radical (unpaired) electrons. The maximum atomic E-state index is 11.5. The highest BCUT2D eigenvalue weighted by Crippen LogP contribution is 2.15. The van der Waals surface area contributed by atoms with E-state index in [-0.39, 0.29) is 25.1 Å². The fourth-order valence-electron chi connectivity index (χ4n) is 1.24. The van der Waals surface area contributed by atoms with Gasteiger partial charge in [0.2, 0.25) is 0 Å². The van der Waals surface area contributed by atoms with Crippen LogP contribution in [-0.4, -0.2) is 24.3 Å². The molecule has 0 aliphatic rings. The summed E-state index contributed by atoms with van der Waals surface area (Å²) in [6.07, 6.45) is 0.493. The summed E-state index contributed by atoms with van der Waals surface area (Å²) in [5.41, 5.74) is 0.950. The van der Waals surface area contributed by atoms with Gasteiger partial charge >= 0.3 is 5.97 Å². The van der Waals surface area contributed by atoms with Crippen LogP contribution in [0.3, 0.4) is 0 Å². The fourth-order valence-corrected chi connectivity index (χ4v) is 1.24. The monoisotopic (exact) mass is 208 g/mol. The van der Waals surface area contributed by atoms with Crippen molar-refractivity contribution in [2.75, 3.05) is 13.2 Å². The molecule has 0 fully saturated rings. The lowest BCUT2D eigenvalue weighted by Crippen LogP contribution is -2.14. The molecule has 0 amide bonds. The standard InChI is InChI=1S/C12H16O3/c1-10(11-6-3-2-4-7-11)12(14)15-9-5-8-13/h2-4,6-7,10,13H,5,8-9H2,1H3. The summed E-state index contributed by atoms with van der Waals surface area (Å²) in [5.74, 6) is -0.487. The summed E-state index contributed by atoms with van der Waals surface area (Å²) in [7, 11) is 0. The van der Waals surface area contributed by atoms with Gasteiger partial charge in [0.1, 0.15) is 0 Å². The van der Waals surface area contributed by atoms with Crippen LogP contribution in [0, 0.1) is 0 Å². The van der Waals surface area contributed by atoms with Gasteiger partial charge in [-0.2, -0.15) is 0 Å². The molecule has 1 atom stereocenters. The van der Waals surface area contributed by atoms with Gasteiger partial charge in [-0.3, -0.25) is 4.79 Å². The van der Waals surface area contributed by atoms with Crippen LogP contribution >= 0.6 is 0 Å². The second-order valence-electron chi connectivity index (χ2n) is 3.38. The van der Waals surface area contributed by atoms with Crippen LogP contribution in [0.1, 0.15) is 24.8 Å². The Kier molecular flexibility index (Phi) is 4.84. The van der Waals surface area contributed by atoms with E-state index in [2.05, 4.69) is 0 Å². The molecule has 3 heteroatoms. The number of carbonyl (C=O) groups is 1. The zero-order valence-electron chi connectivity index (χ0n) is 8.85. The van der Waals surface area contributed by atoms with E-state index in [1.807, 2.05) is 37.3 Å². The molecule has 1 rings (SSSR count). The number of aliphatic hydroxyl groups is 1. The quantitative estimate of drug-likeness (QED) is 0.592. The van der Waals surface area contributed by atoms with E-state index in [0.29, 0.717) is 6.42 Å². The highest BCUT2D eigenvalue weighted by atomic mass is 16.5. The van der Waals surface area contributed by atoms with Crippen molar-refractivity contribution in [2.24, 2.45) is 0 Å². The van der Waals surface area contributed by atoms with Gasteiger partial charge in [0, 0.05) is 13.0 Å². The molecule has 0 aromatic heterocycles. The van der Waals surface area contributed by atoms with Gasteiger partial charge in [-0.1, -0.05) is 30.3 Å². The van der Waals surface area contributed by atoms with Crippen LogP contribution in [0.2, 0.25) is 0 Å². The first-order chi connectivity index (χ1) is 7.25. The van der Waals surface area contributed by atoms with Gasteiger partial charge in [0.05, 0.1) is 12.5 Å². The Morgan fingerprint density at radius 1 is 1.40 bits per heavy atom. The van der Waals surface area contributed by atoms with Crippen molar-refractivity contribution in [3.63, 3.8) is 0 Å². The summed E-state index contributed by atoms with van der Waals surface area (Å²) < 4.78 is 5.00. The lowest BCUT2D eigenvalue weighted by molar-refractivity contribution is -0.145. The van der Waals surface area contributed by atoms with Crippen LogP contribution in [0.25, 0.3) is 0 Å². The molecule has 0 aliphatic heterocycles. The molecule has 1 aromatic rings. The number of ether oxygens (including phenoxy) is 1. The molecule has 0 saturated carbocycles. The van der Waals surface area contributed by atoms with Crippen molar-refractivity contribution in [1.82, 2.24) is 0 Å². The third-order valence-corrected chi connectivity index (χ3v) is 2.20. The topological polar surface area (TPSA) is 46.5 Å². The van der Waals surface area contributed by atoms with Crippen LogP contribution in [0.15, 0.2) is 30.3 Å². The normalized spacial score (nSPS) is 12.1. The first-order valence-electron chi connectivity index (χ1n) is 5.08. The first kappa shape index (κ1) is 11.7. The van der Waals surface area contributed by atoms with Gasteiger partial charge in [-0.25, -0.2) is 0 Å². The fraction of sp³-hybridized carbons (Fsp3) is 0.417. The van der Waals surface area contributed by atoms with E-state index >= 15 is 0 Å². The zero-order valence-corrected chi connectivity index (χ0v) is 8.85. The molecule has 0 spiro atoms. The summed E-state index contributed by atoms with van der Waals surface area (Å²) in [5, 5.41) is 8.54. The van der Waals surface area contributed by atoms with Crippen LogP contribution in [-0.2, 0) is 9.53 Å². The number of esters is 1. The lowest BCUT2D eigenvalue weighted by atomic mass is 10.0. The minimum Gasteiger partial charge on any atom is -0.465 e. The number of aliphatic hydroxyl groups excluding tert-OH is 1. The minimum atomic E-state index is -0.245. The third-order valence-electron chi connectivity index (χ3n) is 2.20. The SMILES string of the molecule is CC(C(=O)OCCCO)c1ccccc1. The molecule has 0 bridgehead atoms. The van der Waals surface area contributed by atoms with E-state index in [9.17, 15) is 4.79 Å². The van der Waals surface area contributed by atoms with Crippen molar-refractivity contribution in [1.29, 1.82) is 0 Å². The predicted molar refractivity (Wildman–Crippen MR) is 57.5 cm³/mol. The predicted octanol–water partition coefficient (Wildman–Crippen LogP) is 1.72. The van der Waals surface area contributed by atoms with E-state index in [1.54, 1.807) is 0 Å². The third kappa shape index (κ3) is 3.72. The van der Waals surface area contributed by atoms with Gasteiger partial charge < -0.3 is 9.84 Å². The van der Waals surface area contributed by atoms with Crippen molar-refractivity contribution in [3.8, 4) is 0 Å². The second-order valence-corrected chi connectivity index (χ2v) is 3.38. The number of hydrogen-bond donors (Lipinski definition) is 1. The average Bonchev–Trinajstić information content (AvgIpc) is 2.29. The van der Waals surface area contributed by atoms with E-state index in [0.717, 1.165) is 5.56 Å². The maximum absolute atomic E-state index is 11.5. The molecule has 0 aliphatic carbocycles. The molecule has 1 unspecified atom stereocenters. The van der Waals surface area contributed by atoms with Crippen molar-refractivity contribution < 1.29 is 14.6 Å². The Balaban J connectivity index is 2.46. The van der Waals surface area contributed by atoms with Gasteiger partial charge in [0.25, 0.3) is 0 Å². The zero-order chi connectivity index (χ0) is 11.1. The smallest absolute Gasteiger partial charge is 0.313 e. The summed E-state index contributed by atoms with van der Waals surface area (Å²) in [6, 6.07) is 9.50. The highest BCUT2D eigenvalue weighted by molar-refractivity contribution is 5.77. The largest absolute Gasteiger partial charge is 0.465 e. The minimum absolute atomic E-state index is 0.0486. The van der Waals surface area contributed by atoms with E-state index in [4.69, 9.17) is 9.84 Å². The molecular weight excluding hydrogens is 192 g/mol. The van der Waals surface area contributed by atoms with Crippen molar-refractivity contribution in [2.45, 2.75) is 19.3 Å². The average molecular weight is 208 g/mol. The Morgan fingerprint density at radius 2 is 2.07 bits per heavy atom. The Bertz CT molecular complexity index is 295. The molecule has 0 heterocycles. The van der Waals surface area contributed by atoms with Gasteiger partial charge in [-0.05, 0) is 12.5 Å². The Hall–Kier alpha value is -1.35. The summed E-state index contributed by atoms with van der Waals surface area (Å²) in [6.45, 7) is 2.15. The van der Waals surface area contributed by atoms with Crippen molar-refractivity contribution in [3.05, 3.63) is 35.9 Å². The summed E-state index contributed by atoms with van der Waals surface area (Å²) >= 11 is 0. The number of hydrogen-bond acceptors (Lipinski definition) is 3. The number of rotatable bonds is 5. The molecule has 3 nitrogen and oxygen atoms in total. The Morgan fingerprint density at radius 3 is 2.67 bits per heavy atom. The Labute approximate surface area is 89.7 Å². The maximum Gasteiger partial charge on any atom is 0.313 e. The van der Waals surface area contributed by atoms with Crippen molar-refractivity contribution >= 4 is 5.97 Å². The second kappa shape index (κ2) is 6.19. The molecule has 1 N–H and O–H groups in total. The molecular formula is C12H16O3. The molecule has 15 heavy (non-hydrogen) atoms. The molecule has 82 valence electrons. The van der Waals surface area contributed by atoms with Crippen LogP contribution < -0.4 is 0 Å². The highest BCUT2D eigenvalue weighted by Gasteiger charge is 2.15. The lowest BCUT2D eigenvalue weighted by Gasteiger charge is -2.11. The molecule has 1 aromatic carbocycles. The number of carbonyl (C=O) groups excluding carboxylic acids is 1. The van der Waals surface area contributed by atoms with E-state index in [1.165, 1.54) is 0 Å². The first-order valence-corrected chi connectivity index (χ1v) is 5.08. The van der Waals surface area contributed by atoms with Crippen LogP contribution in [0.5, 0.6) is 0 Å². The van der Waals surface area contributed by atoms with Gasteiger partial charge in [0.15, 0.2) is 0 Å².